The van der Waals surface area contributed by atoms with Crippen molar-refractivity contribution in [1.29, 1.82) is 0 Å². The Balaban J connectivity index is 2.41. The van der Waals surface area contributed by atoms with Crippen LogP contribution in [0.2, 0.25) is 5.02 Å². The van der Waals surface area contributed by atoms with Gasteiger partial charge in [0, 0.05) is 11.8 Å². The molecule has 130 valence electrons. The fourth-order valence-electron chi connectivity index (χ4n) is 2.03. The summed E-state index contributed by atoms with van der Waals surface area (Å²) in [5.41, 5.74) is 0.841. The lowest BCUT2D eigenvalue weighted by atomic mass is 10.1. The molecule has 2 aromatic rings. The number of halogens is 1. The zero-order chi connectivity index (χ0) is 18.2. The minimum atomic E-state index is -0.683. The fraction of sp³-hybridized carbons (Fsp3) is 0.158. The van der Waals surface area contributed by atoms with E-state index in [1.807, 2.05) is 0 Å². The van der Waals surface area contributed by atoms with Gasteiger partial charge in [-0.25, -0.2) is 4.79 Å². The quantitative estimate of drug-likeness (QED) is 0.354. The molecule has 5 nitrogen and oxygen atoms in total. The van der Waals surface area contributed by atoms with Gasteiger partial charge >= 0.3 is 5.97 Å². The van der Waals surface area contributed by atoms with Gasteiger partial charge in [0.05, 0.1) is 24.4 Å². The molecule has 0 aliphatic heterocycles. The fourth-order valence-corrected chi connectivity index (χ4v) is 2.25. The number of hydrogen-bond donors (Lipinski definition) is 1. The third-order valence-electron chi connectivity index (χ3n) is 3.29. The van der Waals surface area contributed by atoms with E-state index in [-0.39, 0.29) is 17.9 Å². The van der Waals surface area contributed by atoms with Gasteiger partial charge in [0.2, 0.25) is 0 Å². The Kier molecular flexibility index (Phi) is 6.60. The molecule has 6 heteroatoms. The lowest BCUT2D eigenvalue weighted by molar-refractivity contribution is -0.137. The van der Waals surface area contributed by atoms with E-state index in [4.69, 9.17) is 21.1 Å². The van der Waals surface area contributed by atoms with Gasteiger partial charge in [-0.05, 0) is 43.3 Å². The molecule has 0 saturated heterocycles. The lowest BCUT2D eigenvalue weighted by Crippen LogP contribution is -2.11. The molecule has 0 unspecified atom stereocenters. The van der Waals surface area contributed by atoms with E-state index in [0.717, 1.165) is 0 Å². The van der Waals surface area contributed by atoms with Gasteiger partial charge < -0.3 is 14.6 Å². The van der Waals surface area contributed by atoms with Crippen LogP contribution in [0.4, 0.5) is 5.69 Å². The largest absolute Gasteiger partial charge is 0.506 e. The van der Waals surface area contributed by atoms with Crippen LogP contribution in [0.3, 0.4) is 0 Å². The summed E-state index contributed by atoms with van der Waals surface area (Å²) in [6.45, 7) is 1.86. The van der Waals surface area contributed by atoms with Crippen LogP contribution in [0.5, 0.6) is 5.75 Å². The van der Waals surface area contributed by atoms with Gasteiger partial charge in [-0.2, -0.15) is 0 Å². The molecule has 25 heavy (non-hydrogen) atoms. The Labute approximate surface area is 151 Å². The lowest BCUT2D eigenvalue weighted by Gasteiger charge is -2.08. The highest BCUT2D eigenvalue weighted by Gasteiger charge is 2.17. The van der Waals surface area contributed by atoms with E-state index in [0.29, 0.717) is 22.0 Å². The van der Waals surface area contributed by atoms with Crippen LogP contribution in [0.1, 0.15) is 12.5 Å². The summed E-state index contributed by atoms with van der Waals surface area (Å²) < 4.78 is 10.1. The number of aliphatic hydroxyl groups is 1. The second kappa shape index (κ2) is 8.89. The highest BCUT2D eigenvalue weighted by Crippen LogP contribution is 2.25. The summed E-state index contributed by atoms with van der Waals surface area (Å²) in [5.74, 6) is -0.280. The van der Waals surface area contributed by atoms with Crippen molar-refractivity contribution in [2.75, 3.05) is 13.7 Å². The topological polar surface area (TPSA) is 68.1 Å². The molecule has 0 spiro atoms. The Morgan fingerprint density at radius 1 is 1.20 bits per heavy atom. The summed E-state index contributed by atoms with van der Waals surface area (Å²) in [6, 6.07) is 13.6. The first-order chi connectivity index (χ1) is 12.1. The van der Waals surface area contributed by atoms with E-state index in [1.54, 1.807) is 62.6 Å². The molecule has 0 bridgehead atoms. The molecule has 0 fully saturated rings. The molecule has 0 amide bonds. The summed E-state index contributed by atoms with van der Waals surface area (Å²) in [6.07, 6.45) is 1.26. The minimum Gasteiger partial charge on any atom is -0.506 e. The van der Waals surface area contributed by atoms with Crippen LogP contribution >= 0.6 is 11.6 Å². The number of methoxy groups -OCH3 is 1. The zero-order valence-electron chi connectivity index (χ0n) is 13.9. The third-order valence-corrected chi connectivity index (χ3v) is 3.62. The first-order valence-electron chi connectivity index (χ1n) is 7.60. The SMILES string of the molecule is CCOC(=O)/C(C=Nc1ccc(OC)cc1)=C(/O)c1ccccc1Cl. The molecule has 1 N–H and O–H groups in total. The second-order valence-corrected chi connectivity index (χ2v) is 5.33. The molecule has 0 saturated carbocycles. The van der Waals surface area contributed by atoms with Crippen LogP contribution in [0.15, 0.2) is 59.1 Å². The number of aliphatic hydroxyl groups excluding tert-OH is 1. The number of carbonyl (C=O) groups is 1. The van der Waals surface area contributed by atoms with Crippen molar-refractivity contribution < 1.29 is 19.4 Å². The van der Waals surface area contributed by atoms with Crippen LogP contribution < -0.4 is 4.74 Å². The number of ether oxygens (including phenoxy) is 2. The molecule has 0 aromatic heterocycles. The molecule has 0 heterocycles. The molecule has 0 atom stereocenters. The molecular formula is C19H18ClNO4. The van der Waals surface area contributed by atoms with Gasteiger partial charge in [0.1, 0.15) is 17.1 Å². The normalized spacial score (nSPS) is 12.0. The van der Waals surface area contributed by atoms with Crippen LogP contribution in [0.25, 0.3) is 5.76 Å². The number of aliphatic imine (C=N–C) groups is 1. The minimum absolute atomic E-state index is 0.0780. The maximum atomic E-state index is 12.2. The number of hydrogen-bond acceptors (Lipinski definition) is 5. The average Bonchev–Trinajstić information content (AvgIpc) is 2.63. The molecular weight excluding hydrogens is 342 g/mol. The highest BCUT2D eigenvalue weighted by atomic mass is 35.5. The number of esters is 1. The standard InChI is InChI=1S/C19H18ClNO4/c1-3-25-19(23)16(18(22)15-6-4-5-7-17(15)20)12-21-13-8-10-14(24-2)11-9-13/h4-12,22H,3H2,1-2H3/b18-16+,21-12?. The second-order valence-electron chi connectivity index (χ2n) is 4.92. The number of carbonyl (C=O) groups excluding carboxylic acids is 1. The monoisotopic (exact) mass is 359 g/mol. The zero-order valence-corrected chi connectivity index (χ0v) is 14.7. The van der Waals surface area contributed by atoms with Gasteiger partial charge in [0.15, 0.2) is 0 Å². The summed E-state index contributed by atoms with van der Waals surface area (Å²) in [4.78, 5) is 16.4. The van der Waals surface area contributed by atoms with Crippen molar-refractivity contribution in [2.24, 2.45) is 4.99 Å². The van der Waals surface area contributed by atoms with Gasteiger partial charge in [0.25, 0.3) is 0 Å². The Hall–Kier alpha value is -2.79. The first-order valence-corrected chi connectivity index (χ1v) is 7.98. The van der Waals surface area contributed by atoms with E-state index in [2.05, 4.69) is 4.99 Å². The molecule has 0 radical (unpaired) electrons. The van der Waals surface area contributed by atoms with Crippen molar-refractivity contribution >= 4 is 35.2 Å². The van der Waals surface area contributed by atoms with Crippen LogP contribution in [-0.4, -0.2) is 31.0 Å². The summed E-state index contributed by atoms with van der Waals surface area (Å²) in [5, 5.41) is 10.8. The van der Waals surface area contributed by atoms with Crippen molar-refractivity contribution in [1.82, 2.24) is 0 Å². The predicted octanol–water partition coefficient (Wildman–Crippen LogP) is 4.58. The number of benzene rings is 2. The molecule has 2 aromatic carbocycles. The maximum absolute atomic E-state index is 12.2. The van der Waals surface area contributed by atoms with Crippen molar-refractivity contribution in [3.05, 3.63) is 64.7 Å². The summed E-state index contributed by atoms with van der Waals surface area (Å²) in [7, 11) is 1.57. The Bertz CT molecular complexity index is 797. The average molecular weight is 360 g/mol. The van der Waals surface area contributed by atoms with Gasteiger partial charge in [-0.1, -0.05) is 23.7 Å². The third kappa shape index (κ3) is 4.84. The maximum Gasteiger partial charge on any atom is 0.343 e. The Morgan fingerprint density at radius 3 is 2.48 bits per heavy atom. The van der Waals surface area contributed by atoms with Crippen molar-refractivity contribution in [3.63, 3.8) is 0 Å². The molecule has 0 aliphatic rings. The van der Waals surface area contributed by atoms with E-state index in [9.17, 15) is 9.90 Å². The van der Waals surface area contributed by atoms with Crippen LogP contribution in [-0.2, 0) is 9.53 Å². The smallest absolute Gasteiger partial charge is 0.343 e. The van der Waals surface area contributed by atoms with Gasteiger partial charge in [-0.15, -0.1) is 0 Å². The van der Waals surface area contributed by atoms with E-state index in [1.165, 1.54) is 6.21 Å². The molecule has 2 rings (SSSR count). The highest BCUT2D eigenvalue weighted by molar-refractivity contribution is 6.32. The Morgan fingerprint density at radius 2 is 1.88 bits per heavy atom. The van der Waals surface area contributed by atoms with E-state index < -0.39 is 5.97 Å². The van der Waals surface area contributed by atoms with Crippen molar-refractivity contribution in [2.45, 2.75) is 6.92 Å². The van der Waals surface area contributed by atoms with Gasteiger partial charge in [-0.3, -0.25) is 4.99 Å². The predicted molar refractivity (Wildman–Crippen MR) is 98.8 cm³/mol. The summed E-state index contributed by atoms with van der Waals surface area (Å²) >= 11 is 6.09. The first kappa shape index (κ1) is 18.5. The van der Waals surface area contributed by atoms with Crippen LogP contribution in [0, 0.1) is 0 Å². The van der Waals surface area contributed by atoms with Crippen molar-refractivity contribution in [3.8, 4) is 5.75 Å². The van der Waals surface area contributed by atoms with E-state index >= 15 is 0 Å². The number of nitrogens with zero attached hydrogens (tertiary/aromatic N) is 1. The molecule has 0 aliphatic carbocycles. The number of rotatable bonds is 6.